The van der Waals surface area contributed by atoms with Gasteiger partial charge in [-0.05, 0) is 48.9 Å². The van der Waals surface area contributed by atoms with E-state index in [1.54, 1.807) is 10.6 Å². The number of imidazole rings is 1. The fourth-order valence-electron chi connectivity index (χ4n) is 3.59. The summed E-state index contributed by atoms with van der Waals surface area (Å²) in [6.45, 7) is 2.08. The quantitative estimate of drug-likeness (QED) is 0.453. The molecule has 0 fully saturated rings. The average molecular weight is 420 g/mol. The Morgan fingerprint density at radius 1 is 1.09 bits per heavy atom. The molecule has 0 aliphatic heterocycles. The van der Waals surface area contributed by atoms with Crippen LogP contribution in [0.25, 0.3) is 28.3 Å². The normalized spacial score (nSPS) is 10.9. The number of pyridine rings is 2. The lowest BCUT2D eigenvalue weighted by Gasteiger charge is -2.16. The van der Waals surface area contributed by atoms with Crippen LogP contribution in [0.2, 0.25) is 0 Å². The number of hydrogen-bond acceptors (Lipinski definition) is 6. The van der Waals surface area contributed by atoms with Gasteiger partial charge in [0.05, 0.1) is 23.0 Å². The van der Waals surface area contributed by atoms with Gasteiger partial charge in [-0.25, -0.2) is 14.5 Å². The molecule has 5 aromatic rings. The van der Waals surface area contributed by atoms with Gasteiger partial charge in [-0.3, -0.25) is 4.98 Å². The molecule has 4 heterocycles. The maximum atomic E-state index is 9.26. The number of H-pyrrole nitrogens is 1. The van der Waals surface area contributed by atoms with Crippen molar-refractivity contribution < 1.29 is 0 Å². The summed E-state index contributed by atoms with van der Waals surface area (Å²) < 4.78 is 1.73. The van der Waals surface area contributed by atoms with Crippen molar-refractivity contribution in [3.8, 4) is 28.7 Å². The maximum Gasteiger partial charge on any atom is 0.208 e. The first-order valence-electron chi connectivity index (χ1n) is 10.3. The number of aromatic nitrogens is 6. The molecule has 0 radical (unpaired) electrons. The van der Waals surface area contributed by atoms with E-state index in [2.05, 4.69) is 28.1 Å². The molecule has 1 aromatic carbocycles. The molecule has 8 nitrogen and oxygen atoms in total. The highest BCUT2D eigenvalue weighted by Crippen LogP contribution is 2.33. The summed E-state index contributed by atoms with van der Waals surface area (Å²) in [5.41, 5.74) is 6.51. The lowest BCUT2D eigenvalue weighted by atomic mass is 10.1. The van der Waals surface area contributed by atoms with E-state index in [-0.39, 0.29) is 0 Å². The third-order valence-electron chi connectivity index (χ3n) is 5.34. The average Bonchev–Trinajstić information content (AvgIpc) is 3.50. The molecule has 32 heavy (non-hydrogen) atoms. The highest BCUT2D eigenvalue weighted by Gasteiger charge is 2.19. The summed E-state index contributed by atoms with van der Waals surface area (Å²) in [5.74, 6) is 0.646. The van der Waals surface area contributed by atoms with E-state index in [9.17, 15) is 5.26 Å². The molecular weight excluding hydrogens is 400 g/mol. The summed E-state index contributed by atoms with van der Waals surface area (Å²) in [6.07, 6.45) is 4.28. The number of aromatic amines is 1. The molecule has 4 aromatic heterocycles. The zero-order valence-corrected chi connectivity index (χ0v) is 17.7. The molecular formula is C24H20N8. The molecule has 8 heteroatoms. The van der Waals surface area contributed by atoms with Crippen LogP contribution in [0.5, 0.6) is 0 Å². The number of nitriles is 1. The predicted molar refractivity (Wildman–Crippen MR) is 122 cm³/mol. The summed E-state index contributed by atoms with van der Waals surface area (Å²) in [4.78, 5) is 19.3. The first-order valence-corrected chi connectivity index (χ1v) is 10.3. The van der Waals surface area contributed by atoms with Crippen molar-refractivity contribution in [1.82, 2.24) is 29.5 Å². The van der Waals surface area contributed by atoms with Crippen molar-refractivity contribution in [2.75, 3.05) is 11.9 Å². The van der Waals surface area contributed by atoms with Gasteiger partial charge >= 0.3 is 0 Å². The van der Waals surface area contributed by atoms with Crippen molar-refractivity contribution in [3.05, 3.63) is 78.4 Å². The fraction of sp³-hybridized carbons (Fsp3) is 0.125. The van der Waals surface area contributed by atoms with Gasteiger partial charge < -0.3 is 9.88 Å². The molecule has 0 aliphatic carbocycles. The monoisotopic (exact) mass is 420 g/mol. The third kappa shape index (κ3) is 3.46. The number of benzene rings is 1. The third-order valence-corrected chi connectivity index (χ3v) is 5.34. The molecule has 0 aliphatic rings. The van der Waals surface area contributed by atoms with E-state index in [1.165, 1.54) is 6.33 Å². The molecule has 0 bridgehead atoms. The smallest absolute Gasteiger partial charge is 0.208 e. The number of nitrogens with zero attached hydrogens (tertiary/aromatic N) is 7. The van der Waals surface area contributed by atoms with Gasteiger partial charge in [0.2, 0.25) is 5.95 Å². The van der Waals surface area contributed by atoms with Crippen LogP contribution in [0, 0.1) is 11.3 Å². The van der Waals surface area contributed by atoms with Crippen LogP contribution in [0.3, 0.4) is 0 Å². The van der Waals surface area contributed by atoms with E-state index in [0.717, 1.165) is 46.1 Å². The van der Waals surface area contributed by atoms with Crippen LogP contribution < -0.4 is 4.90 Å². The van der Waals surface area contributed by atoms with Crippen LogP contribution in [0.15, 0.2) is 67.1 Å². The second-order valence-electron chi connectivity index (χ2n) is 7.35. The van der Waals surface area contributed by atoms with Crippen LogP contribution in [-0.4, -0.2) is 36.6 Å². The van der Waals surface area contributed by atoms with Crippen molar-refractivity contribution in [1.29, 1.82) is 5.26 Å². The Labute approximate surface area is 184 Å². The Hall–Kier alpha value is -4.51. The lowest BCUT2D eigenvalue weighted by Crippen LogP contribution is -2.11. The van der Waals surface area contributed by atoms with Crippen molar-refractivity contribution >= 4 is 17.3 Å². The number of fused-ring (bicyclic) bond motifs is 1. The topological polar surface area (TPSA) is 98.8 Å². The Bertz CT molecular complexity index is 1460. The summed E-state index contributed by atoms with van der Waals surface area (Å²) >= 11 is 0. The highest BCUT2D eigenvalue weighted by molar-refractivity contribution is 5.79. The summed E-state index contributed by atoms with van der Waals surface area (Å²) in [5, 5.41) is 13.5. The van der Waals surface area contributed by atoms with Gasteiger partial charge in [0.25, 0.3) is 0 Å². The number of nitrogens with one attached hydrogen (secondary N) is 1. The van der Waals surface area contributed by atoms with Gasteiger partial charge in [0.1, 0.15) is 12.0 Å². The zero-order valence-electron chi connectivity index (χ0n) is 17.7. The van der Waals surface area contributed by atoms with Gasteiger partial charge in [-0.1, -0.05) is 19.1 Å². The summed E-state index contributed by atoms with van der Waals surface area (Å²) in [7, 11) is 1.92. The second kappa shape index (κ2) is 7.96. The molecule has 1 N–H and O–H groups in total. The second-order valence-corrected chi connectivity index (χ2v) is 7.35. The zero-order chi connectivity index (χ0) is 22.1. The minimum absolute atomic E-state index is 0.593. The van der Waals surface area contributed by atoms with Crippen molar-refractivity contribution in [2.24, 2.45) is 0 Å². The number of rotatable bonds is 5. The van der Waals surface area contributed by atoms with Gasteiger partial charge in [-0.2, -0.15) is 10.4 Å². The molecule has 0 spiro atoms. The Kier molecular flexibility index (Phi) is 4.84. The van der Waals surface area contributed by atoms with Gasteiger partial charge in [0.15, 0.2) is 5.65 Å². The van der Waals surface area contributed by atoms with Crippen LogP contribution in [0.4, 0.5) is 11.6 Å². The fourth-order valence-corrected chi connectivity index (χ4v) is 3.59. The lowest BCUT2D eigenvalue weighted by molar-refractivity contribution is 0.962. The Morgan fingerprint density at radius 2 is 1.97 bits per heavy atom. The SMILES string of the molecule is CCc1cccc(-c2[nH]c(N(C)c3cccc(C#N)c3)nc2-c2ccc3ncnn3c2)n1. The standard InChI is InChI=1S/C24H20N8/c1-3-18-7-5-9-20(28-18)23-22(17-10-11-21-26-15-27-32(21)14-17)29-24(30-23)31(2)19-8-4-6-16(12-19)13-25/h4-12,14-15H,3H2,1-2H3,(H,29,30). The van der Waals surface area contributed by atoms with E-state index >= 15 is 0 Å². The number of anilines is 2. The van der Waals surface area contributed by atoms with Gasteiger partial charge in [-0.15, -0.1) is 0 Å². The molecule has 0 amide bonds. The van der Waals surface area contributed by atoms with Crippen LogP contribution in [0.1, 0.15) is 18.2 Å². The molecule has 0 unspecified atom stereocenters. The maximum absolute atomic E-state index is 9.26. The summed E-state index contributed by atoms with van der Waals surface area (Å²) in [6, 6.07) is 19.5. The number of aryl methyl sites for hydroxylation is 1. The Balaban J connectivity index is 1.66. The molecule has 5 rings (SSSR count). The molecule has 0 saturated carbocycles. The molecule has 0 atom stereocenters. The minimum atomic E-state index is 0.593. The van der Waals surface area contributed by atoms with Crippen LogP contribution >= 0.6 is 0 Å². The molecule has 156 valence electrons. The van der Waals surface area contributed by atoms with E-state index in [0.29, 0.717) is 11.5 Å². The van der Waals surface area contributed by atoms with E-state index in [1.807, 2.05) is 66.7 Å². The molecule has 0 saturated heterocycles. The van der Waals surface area contributed by atoms with Crippen molar-refractivity contribution in [2.45, 2.75) is 13.3 Å². The van der Waals surface area contributed by atoms with Gasteiger partial charge in [0, 0.05) is 30.2 Å². The van der Waals surface area contributed by atoms with E-state index < -0.39 is 0 Å². The van der Waals surface area contributed by atoms with Crippen LogP contribution in [-0.2, 0) is 6.42 Å². The predicted octanol–water partition coefficient (Wildman–Crippen LogP) is 4.38. The highest BCUT2D eigenvalue weighted by atomic mass is 15.3. The minimum Gasteiger partial charge on any atom is -0.322 e. The number of hydrogen-bond donors (Lipinski definition) is 1. The largest absolute Gasteiger partial charge is 0.322 e. The first kappa shape index (κ1) is 19.5. The Morgan fingerprint density at radius 3 is 2.81 bits per heavy atom. The van der Waals surface area contributed by atoms with E-state index in [4.69, 9.17) is 9.97 Å². The first-order chi connectivity index (χ1) is 15.7. The van der Waals surface area contributed by atoms with Crippen molar-refractivity contribution in [3.63, 3.8) is 0 Å².